The first kappa shape index (κ1) is 17.7. The van der Waals surface area contributed by atoms with Crippen molar-refractivity contribution in [2.24, 2.45) is 0 Å². The van der Waals surface area contributed by atoms with Crippen molar-refractivity contribution in [2.45, 2.75) is 25.4 Å². The lowest BCUT2D eigenvalue weighted by Crippen LogP contribution is -2.38. The number of oxazole rings is 1. The van der Waals surface area contributed by atoms with Crippen LogP contribution in [0, 0.1) is 0 Å². The van der Waals surface area contributed by atoms with E-state index in [0.29, 0.717) is 5.58 Å². The number of fused-ring (bicyclic) bond motifs is 1. The molecule has 0 bridgehead atoms. The normalized spacial score (nSPS) is 17.9. The van der Waals surface area contributed by atoms with Gasteiger partial charge in [0.2, 0.25) is 0 Å². The molecule has 4 rings (SSSR count). The highest BCUT2D eigenvalue weighted by atomic mass is 16.5. The number of ether oxygens (including phenoxy) is 2. The van der Waals surface area contributed by atoms with E-state index in [4.69, 9.17) is 13.9 Å². The summed E-state index contributed by atoms with van der Waals surface area (Å²) in [5, 5.41) is 0. The fourth-order valence-electron chi connectivity index (χ4n) is 3.96. The highest BCUT2D eigenvalue weighted by Gasteiger charge is 2.25. The second-order valence-corrected chi connectivity index (χ2v) is 6.91. The molecule has 2 aromatic carbocycles. The van der Waals surface area contributed by atoms with Gasteiger partial charge < -0.3 is 13.9 Å². The van der Waals surface area contributed by atoms with Gasteiger partial charge >= 0.3 is 5.76 Å². The number of hydrogen-bond donors (Lipinski definition) is 0. The summed E-state index contributed by atoms with van der Waals surface area (Å²) in [5.41, 5.74) is 2.60. The molecule has 1 atom stereocenters. The number of hydrogen-bond acceptors (Lipinski definition) is 5. The van der Waals surface area contributed by atoms with E-state index in [-0.39, 0.29) is 11.8 Å². The largest absolute Gasteiger partial charge is 0.497 e. The van der Waals surface area contributed by atoms with Gasteiger partial charge in [0, 0.05) is 18.7 Å². The van der Waals surface area contributed by atoms with Gasteiger partial charge in [0.05, 0.1) is 25.8 Å². The average molecular weight is 368 g/mol. The number of rotatable bonds is 5. The van der Waals surface area contributed by atoms with Crippen LogP contribution in [0.3, 0.4) is 0 Å². The van der Waals surface area contributed by atoms with Crippen LogP contribution < -0.4 is 15.2 Å². The van der Waals surface area contributed by atoms with Crippen LogP contribution in [-0.4, -0.2) is 36.8 Å². The van der Waals surface area contributed by atoms with E-state index in [1.54, 1.807) is 14.2 Å². The second kappa shape index (κ2) is 7.48. The standard InChI is InChI=1S/C21H24N2O4/c1-25-17-9-10-19(26-2)15(12-17)13-22-11-5-6-16(14-22)23-18-7-3-4-8-20(18)27-21(23)24/h3-4,7-10,12,16H,5-6,11,13-14H2,1-2H3/t16-/m1/s1. The average Bonchev–Trinajstić information content (AvgIpc) is 3.03. The first-order valence-corrected chi connectivity index (χ1v) is 9.23. The van der Waals surface area contributed by atoms with Crippen molar-refractivity contribution in [1.29, 1.82) is 0 Å². The third kappa shape index (κ3) is 3.45. The van der Waals surface area contributed by atoms with Crippen molar-refractivity contribution in [3.05, 3.63) is 58.6 Å². The minimum Gasteiger partial charge on any atom is -0.497 e. The molecule has 1 aliphatic rings. The molecule has 142 valence electrons. The van der Waals surface area contributed by atoms with Crippen LogP contribution in [0.25, 0.3) is 11.1 Å². The smallest absolute Gasteiger partial charge is 0.420 e. The number of aromatic nitrogens is 1. The first-order chi connectivity index (χ1) is 13.2. The summed E-state index contributed by atoms with van der Waals surface area (Å²) in [6.07, 6.45) is 2.00. The van der Waals surface area contributed by atoms with Gasteiger partial charge in [0.25, 0.3) is 0 Å². The summed E-state index contributed by atoms with van der Waals surface area (Å²) < 4.78 is 18.1. The van der Waals surface area contributed by atoms with E-state index in [2.05, 4.69) is 4.90 Å². The maximum Gasteiger partial charge on any atom is 0.420 e. The van der Waals surface area contributed by atoms with Crippen molar-refractivity contribution in [3.63, 3.8) is 0 Å². The van der Waals surface area contributed by atoms with Crippen molar-refractivity contribution < 1.29 is 13.9 Å². The summed E-state index contributed by atoms with van der Waals surface area (Å²) in [5.74, 6) is 1.39. The molecule has 1 fully saturated rings. The zero-order chi connectivity index (χ0) is 18.8. The molecule has 0 radical (unpaired) electrons. The molecule has 0 aliphatic carbocycles. The molecule has 6 heteroatoms. The molecule has 1 aliphatic heterocycles. The Hall–Kier alpha value is -2.73. The van der Waals surface area contributed by atoms with Crippen LogP contribution in [0.1, 0.15) is 24.4 Å². The van der Waals surface area contributed by atoms with Gasteiger partial charge in [-0.1, -0.05) is 12.1 Å². The van der Waals surface area contributed by atoms with Crippen molar-refractivity contribution in [3.8, 4) is 11.5 Å². The summed E-state index contributed by atoms with van der Waals surface area (Å²) in [7, 11) is 3.35. The molecule has 0 spiro atoms. The van der Waals surface area contributed by atoms with Crippen molar-refractivity contribution in [1.82, 2.24) is 9.47 Å². The van der Waals surface area contributed by atoms with Gasteiger partial charge in [-0.3, -0.25) is 9.47 Å². The topological polar surface area (TPSA) is 56.8 Å². The Bertz CT molecular complexity index is 991. The second-order valence-electron chi connectivity index (χ2n) is 6.91. The summed E-state index contributed by atoms with van der Waals surface area (Å²) in [6.45, 7) is 2.53. The molecular formula is C21H24N2O4. The Labute approximate surface area is 157 Å². The Kier molecular flexibility index (Phi) is 4.90. The van der Waals surface area contributed by atoms with Gasteiger partial charge in [0.15, 0.2) is 5.58 Å². The third-order valence-corrected chi connectivity index (χ3v) is 5.25. The summed E-state index contributed by atoms with van der Waals surface area (Å²) in [4.78, 5) is 14.8. The molecule has 1 saturated heterocycles. The van der Waals surface area contributed by atoms with Crippen LogP contribution in [0.15, 0.2) is 51.7 Å². The Morgan fingerprint density at radius 2 is 2.00 bits per heavy atom. The molecule has 0 N–H and O–H groups in total. The quantitative estimate of drug-likeness (QED) is 0.690. The molecule has 3 aromatic rings. The van der Waals surface area contributed by atoms with Gasteiger partial charge in [0.1, 0.15) is 11.5 Å². The van der Waals surface area contributed by atoms with Crippen LogP contribution in [0.4, 0.5) is 0 Å². The highest BCUT2D eigenvalue weighted by Crippen LogP contribution is 2.29. The Morgan fingerprint density at radius 1 is 1.15 bits per heavy atom. The SMILES string of the molecule is COc1ccc(OC)c(CN2CCC[C@@H](n3c(=O)oc4ccccc43)C2)c1. The summed E-state index contributed by atoms with van der Waals surface area (Å²) >= 11 is 0. The molecule has 6 nitrogen and oxygen atoms in total. The Morgan fingerprint density at radius 3 is 2.81 bits per heavy atom. The van der Waals surface area contributed by atoms with E-state index < -0.39 is 0 Å². The molecule has 0 saturated carbocycles. The van der Waals surface area contributed by atoms with Gasteiger partial charge in [-0.05, 0) is 49.7 Å². The third-order valence-electron chi connectivity index (χ3n) is 5.25. The zero-order valence-electron chi connectivity index (χ0n) is 15.7. The molecular weight excluding hydrogens is 344 g/mol. The lowest BCUT2D eigenvalue weighted by molar-refractivity contribution is 0.166. The van der Waals surface area contributed by atoms with Crippen LogP contribution >= 0.6 is 0 Å². The predicted molar refractivity (Wildman–Crippen MR) is 104 cm³/mol. The lowest BCUT2D eigenvalue weighted by atomic mass is 10.0. The molecule has 2 heterocycles. The van der Waals surface area contributed by atoms with Gasteiger partial charge in [-0.2, -0.15) is 0 Å². The fraction of sp³-hybridized carbons (Fsp3) is 0.381. The van der Waals surface area contributed by atoms with Crippen molar-refractivity contribution >= 4 is 11.1 Å². The Balaban J connectivity index is 1.59. The van der Waals surface area contributed by atoms with E-state index in [9.17, 15) is 4.79 Å². The number of para-hydroxylation sites is 2. The van der Waals surface area contributed by atoms with Gasteiger partial charge in [-0.25, -0.2) is 4.79 Å². The van der Waals surface area contributed by atoms with E-state index in [0.717, 1.165) is 55.1 Å². The zero-order valence-corrected chi connectivity index (χ0v) is 15.7. The number of benzene rings is 2. The minimum absolute atomic E-state index is 0.103. The minimum atomic E-state index is -0.276. The van der Waals surface area contributed by atoms with E-state index >= 15 is 0 Å². The molecule has 27 heavy (non-hydrogen) atoms. The maximum absolute atomic E-state index is 12.4. The van der Waals surface area contributed by atoms with Crippen LogP contribution in [0.2, 0.25) is 0 Å². The fourth-order valence-corrected chi connectivity index (χ4v) is 3.96. The predicted octanol–water partition coefficient (Wildman–Crippen LogP) is 3.45. The van der Waals surface area contributed by atoms with Crippen molar-refractivity contribution in [2.75, 3.05) is 27.3 Å². The number of piperidine rings is 1. The number of likely N-dealkylation sites (tertiary alicyclic amines) is 1. The maximum atomic E-state index is 12.4. The number of methoxy groups -OCH3 is 2. The summed E-state index contributed by atoms with van der Waals surface area (Å²) in [6, 6.07) is 13.6. The monoisotopic (exact) mass is 368 g/mol. The molecule has 0 unspecified atom stereocenters. The van der Waals surface area contributed by atoms with Crippen LogP contribution in [0.5, 0.6) is 11.5 Å². The highest BCUT2D eigenvalue weighted by molar-refractivity contribution is 5.72. The molecule has 1 aromatic heterocycles. The van der Waals surface area contributed by atoms with Crippen LogP contribution in [-0.2, 0) is 6.54 Å². The lowest BCUT2D eigenvalue weighted by Gasteiger charge is -2.33. The van der Waals surface area contributed by atoms with Gasteiger partial charge in [-0.15, -0.1) is 0 Å². The van der Waals surface area contributed by atoms with E-state index in [1.807, 2.05) is 47.0 Å². The number of nitrogens with zero attached hydrogens (tertiary/aromatic N) is 2. The van der Waals surface area contributed by atoms with E-state index in [1.165, 1.54) is 0 Å². The first-order valence-electron chi connectivity index (χ1n) is 9.23. The molecule has 0 amide bonds.